The summed E-state index contributed by atoms with van der Waals surface area (Å²) in [6, 6.07) is 0.348. The molecule has 0 aromatic carbocycles. The molecule has 0 amide bonds. The molecule has 1 fully saturated rings. The highest BCUT2D eigenvalue weighted by Gasteiger charge is 2.23. The summed E-state index contributed by atoms with van der Waals surface area (Å²) >= 11 is 0. The molecule has 2 atom stereocenters. The monoisotopic (exact) mass is 144 g/mol. The molecule has 0 aromatic heterocycles. The molecule has 1 heterocycles. The van der Waals surface area contributed by atoms with E-state index < -0.39 is 0 Å². The number of hydrogen-bond acceptors (Lipinski definition) is 3. The van der Waals surface area contributed by atoms with E-state index in [-0.39, 0.29) is 6.10 Å². The van der Waals surface area contributed by atoms with E-state index in [0.29, 0.717) is 6.04 Å². The summed E-state index contributed by atoms with van der Waals surface area (Å²) in [5, 5.41) is 12.6. The van der Waals surface area contributed by atoms with Crippen LogP contribution in [-0.4, -0.2) is 49.3 Å². The topological polar surface area (TPSA) is 35.5 Å². The third-order valence-electron chi connectivity index (χ3n) is 2.08. The number of aliphatic hydroxyl groups excluding tert-OH is 1. The van der Waals surface area contributed by atoms with Crippen LogP contribution in [0.4, 0.5) is 0 Å². The van der Waals surface area contributed by atoms with Crippen molar-refractivity contribution in [2.45, 2.75) is 18.6 Å². The van der Waals surface area contributed by atoms with Crippen molar-refractivity contribution in [1.82, 2.24) is 10.2 Å². The third kappa shape index (κ3) is 1.68. The number of nitrogens with one attached hydrogen (secondary N) is 1. The zero-order valence-electron chi connectivity index (χ0n) is 6.67. The normalized spacial score (nSPS) is 34.8. The van der Waals surface area contributed by atoms with Crippen molar-refractivity contribution < 1.29 is 5.11 Å². The third-order valence-corrected chi connectivity index (χ3v) is 2.08. The van der Waals surface area contributed by atoms with E-state index in [1.807, 2.05) is 14.1 Å². The Kier molecular flexibility index (Phi) is 2.65. The van der Waals surface area contributed by atoms with E-state index in [4.69, 9.17) is 0 Å². The number of likely N-dealkylation sites (N-methyl/N-ethyl adjacent to an activating group) is 1. The highest BCUT2D eigenvalue weighted by atomic mass is 16.3. The van der Waals surface area contributed by atoms with Gasteiger partial charge in [0.25, 0.3) is 0 Å². The molecule has 10 heavy (non-hydrogen) atoms. The van der Waals surface area contributed by atoms with Gasteiger partial charge in [-0.15, -0.1) is 0 Å². The van der Waals surface area contributed by atoms with E-state index >= 15 is 0 Å². The molecule has 0 aromatic rings. The summed E-state index contributed by atoms with van der Waals surface area (Å²) in [4.78, 5) is 2.09. The Morgan fingerprint density at radius 3 is 2.60 bits per heavy atom. The summed E-state index contributed by atoms with van der Waals surface area (Å²) in [6.45, 7) is 1.77. The second-order valence-corrected chi connectivity index (χ2v) is 3.09. The number of aliphatic hydroxyl groups is 1. The number of β-amino-alcohol motifs (C(OH)–C–C–N with tert-alkyl or cyclic N) is 1. The smallest absolute Gasteiger partial charge is 0.0819 e. The van der Waals surface area contributed by atoms with Crippen LogP contribution in [-0.2, 0) is 0 Å². The van der Waals surface area contributed by atoms with Gasteiger partial charge in [-0.25, -0.2) is 0 Å². The molecule has 0 radical (unpaired) electrons. The second kappa shape index (κ2) is 3.32. The van der Waals surface area contributed by atoms with Gasteiger partial charge in [0, 0.05) is 12.6 Å². The van der Waals surface area contributed by atoms with Crippen LogP contribution in [0.3, 0.4) is 0 Å². The van der Waals surface area contributed by atoms with Crippen molar-refractivity contribution in [3.8, 4) is 0 Å². The molecule has 1 rings (SSSR count). The van der Waals surface area contributed by atoms with Gasteiger partial charge in [-0.3, -0.25) is 0 Å². The minimum atomic E-state index is -0.191. The Morgan fingerprint density at radius 2 is 2.20 bits per heavy atom. The second-order valence-electron chi connectivity index (χ2n) is 3.09. The van der Waals surface area contributed by atoms with Crippen molar-refractivity contribution >= 4 is 0 Å². The zero-order valence-corrected chi connectivity index (χ0v) is 6.67. The van der Waals surface area contributed by atoms with Crippen LogP contribution in [0.5, 0.6) is 0 Å². The van der Waals surface area contributed by atoms with Crippen LogP contribution in [0.1, 0.15) is 6.42 Å². The zero-order chi connectivity index (χ0) is 7.56. The van der Waals surface area contributed by atoms with E-state index in [0.717, 1.165) is 19.5 Å². The van der Waals surface area contributed by atoms with Crippen molar-refractivity contribution in [3.63, 3.8) is 0 Å². The molecule has 3 nitrogen and oxygen atoms in total. The number of nitrogens with zero attached hydrogens (tertiary/aromatic N) is 1. The Labute approximate surface area is 62.0 Å². The Bertz CT molecular complexity index is 106. The summed E-state index contributed by atoms with van der Waals surface area (Å²) in [5.74, 6) is 0. The van der Waals surface area contributed by atoms with Gasteiger partial charge in [0.2, 0.25) is 0 Å². The number of piperidine rings is 1. The molecule has 0 spiro atoms. The summed E-state index contributed by atoms with van der Waals surface area (Å²) in [6.07, 6.45) is 0.859. The minimum absolute atomic E-state index is 0.191. The molecule has 2 unspecified atom stereocenters. The number of hydrogen-bond donors (Lipinski definition) is 2. The fourth-order valence-electron chi connectivity index (χ4n) is 1.43. The lowest BCUT2D eigenvalue weighted by Crippen LogP contribution is -2.50. The number of rotatable bonds is 1. The van der Waals surface area contributed by atoms with Gasteiger partial charge < -0.3 is 15.3 Å². The first-order chi connectivity index (χ1) is 4.72. The van der Waals surface area contributed by atoms with Crippen molar-refractivity contribution in [2.24, 2.45) is 0 Å². The Morgan fingerprint density at radius 1 is 1.50 bits per heavy atom. The van der Waals surface area contributed by atoms with Crippen molar-refractivity contribution in [3.05, 3.63) is 0 Å². The highest BCUT2D eigenvalue weighted by molar-refractivity contribution is 4.82. The molecule has 3 heteroatoms. The molecule has 2 N–H and O–H groups in total. The molecule has 0 saturated carbocycles. The molecule has 1 saturated heterocycles. The van der Waals surface area contributed by atoms with Crippen LogP contribution in [0.25, 0.3) is 0 Å². The fourth-order valence-corrected chi connectivity index (χ4v) is 1.43. The average Bonchev–Trinajstić information content (AvgIpc) is 1.88. The van der Waals surface area contributed by atoms with E-state index in [2.05, 4.69) is 10.2 Å². The molecule has 1 aliphatic rings. The van der Waals surface area contributed by atoms with E-state index in [1.54, 1.807) is 0 Å². The first-order valence-electron chi connectivity index (χ1n) is 3.77. The SMILES string of the molecule is CN(C)C1CCNCC1O. The lowest BCUT2D eigenvalue weighted by molar-refractivity contribution is 0.0539. The fraction of sp³-hybridized carbons (Fsp3) is 1.00. The predicted molar refractivity (Wildman–Crippen MR) is 41.0 cm³/mol. The average molecular weight is 144 g/mol. The van der Waals surface area contributed by atoms with E-state index in [1.165, 1.54) is 0 Å². The van der Waals surface area contributed by atoms with Gasteiger partial charge in [0.15, 0.2) is 0 Å². The molecular weight excluding hydrogens is 128 g/mol. The van der Waals surface area contributed by atoms with Crippen LogP contribution in [0.15, 0.2) is 0 Å². The lowest BCUT2D eigenvalue weighted by atomic mass is 10.0. The van der Waals surface area contributed by atoms with E-state index in [9.17, 15) is 5.11 Å². The molecule has 0 aliphatic carbocycles. The predicted octanol–water partition coefficient (Wildman–Crippen LogP) is -0.729. The van der Waals surface area contributed by atoms with Crippen LogP contribution in [0, 0.1) is 0 Å². The molecule has 60 valence electrons. The van der Waals surface area contributed by atoms with Gasteiger partial charge in [0.1, 0.15) is 0 Å². The van der Waals surface area contributed by atoms with Gasteiger partial charge >= 0.3 is 0 Å². The quantitative estimate of drug-likeness (QED) is 0.509. The van der Waals surface area contributed by atoms with Crippen molar-refractivity contribution in [2.75, 3.05) is 27.2 Å². The standard InChI is InChI=1S/C7H16N2O/c1-9(2)6-3-4-8-5-7(6)10/h6-8,10H,3-5H2,1-2H3. The molecule has 0 bridgehead atoms. The largest absolute Gasteiger partial charge is 0.390 e. The van der Waals surface area contributed by atoms with Gasteiger partial charge in [-0.2, -0.15) is 0 Å². The Balaban J connectivity index is 2.40. The van der Waals surface area contributed by atoms with Crippen molar-refractivity contribution in [1.29, 1.82) is 0 Å². The maximum atomic E-state index is 9.44. The van der Waals surface area contributed by atoms with Gasteiger partial charge in [-0.1, -0.05) is 0 Å². The Hall–Kier alpha value is -0.120. The lowest BCUT2D eigenvalue weighted by Gasteiger charge is -2.33. The summed E-state index contributed by atoms with van der Waals surface area (Å²) < 4.78 is 0. The molecular formula is C7H16N2O. The maximum absolute atomic E-state index is 9.44. The first kappa shape index (κ1) is 7.98. The summed E-state index contributed by atoms with van der Waals surface area (Å²) in [5.41, 5.74) is 0. The minimum Gasteiger partial charge on any atom is -0.390 e. The van der Waals surface area contributed by atoms with Gasteiger partial charge in [-0.05, 0) is 27.1 Å². The van der Waals surface area contributed by atoms with Gasteiger partial charge in [0.05, 0.1) is 6.10 Å². The summed E-state index contributed by atoms with van der Waals surface area (Å²) in [7, 11) is 4.03. The molecule has 1 aliphatic heterocycles. The van der Waals surface area contributed by atoms with Crippen LogP contribution < -0.4 is 5.32 Å². The maximum Gasteiger partial charge on any atom is 0.0819 e. The van der Waals surface area contributed by atoms with Crippen LogP contribution in [0.2, 0.25) is 0 Å². The highest BCUT2D eigenvalue weighted by Crippen LogP contribution is 2.07. The first-order valence-corrected chi connectivity index (χ1v) is 3.77. The van der Waals surface area contributed by atoms with Crippen LogP contribution >= 0.6 is 0 Å².